The average molecular weight is 233 g/mol. The lowest BCUT2D eigenvalue weighted by Crippen LogP contribution is -2.32. The highest BCUT2D eigenvalue weighted by atomic mass is 16.3. The van der Waals surface area contributed by atoms with Gasteiger partial charge in [-0.25, -0.2) is 0 Å². The van der Waals surface area contributed by atoms with Crippen molar-refractivity contribution in [2.45, 2.75) is 39.2 Å². The number of rotatable bonds is 2. The molecule has 0 aromatic heterocycles. The van der Waals surface area contributed by atoms with E-state index in [1.807, 2.05) is 6.92 Å². The van der Waals surface area contributed by atoms with Gasteiger partial charge in [-0.3, -0.25) is 4.79 Å². The first-order valence-corrected chi connectivity index (χ1v) is 6.16. The van der Waals surface area contributed by atoms with Gasteiger partial charge in [0.2, 0.25) is 0 Å². The maximum atomic E-state index is 12.0. The zero-order chi connectivity index (χ0) is 12.4. The van der Waals surface area contributed by atoms with Gasteiger partial charge >= 0.3 is 0 Å². The van der Waals surface area contributed by atoms with Gasteiger partial charge in [-0.2, -0.15) is 0 Å². The van der Waals surface area contributed by atoms with Gasteiger partial charge in [0.15, 0.2) is 0 Å². The SMILES string of the molecule is Cc1ccc(O)c(C(=O)NC2CCC(C)C2)c1. The minimum Gasteiger partial charge on any atom is -0.507 e. The van der Waals surface area contributed by atoms with Gasteiger partial charge in [-0.1, -0.05) is 18.6 Å². The zero-order valence-electron chi connectivity index (χ0n) is 10.4. The van der Waals surface area contributed by atoms with Crippen molar-refractivity contribution in [3.8, 4) is 5.75 Å². The highest BCUT2D eigenvalue weighted by Crippen LogP contribution is 2.25. The van der Waals surface area contributed by atoms with Crippen LogP contribution in [0.2, 0.25) is 0 Å². The van der Waals surface area contributed by atoms with Crippen molar-refractivity contribution in [2.24, 2.45) is 5.92 Å². The van der Waals surface area contributed by atoms with Crippen LogP contribution in [-0.4, -0.2) is 17.1 Å². The van der Waals surface area contributed by atoms with Gasteiger partial charge in [-0.15, -0.1) is 0 Å². The van der Waals surface area contributed by atoms with E-state index in [1.54, 1.807) is 18.2 Å². The summed E-state index contributed by atoms with van der Waals surface area (Å²) < 4.78 is 0. The second-order valence-electron chi connectivity index (χ2n) is 5.11. The third kappa shape index (κ3) is 2.78. The van der Waals surface area contributed by atoms with E-state index >= 15 is 0 Å². The number of carbonyl (C=O) groups is 1. The van der Waals surface area contributed by atoms with Gasteiger partial charge in [0.05, 0.1) is 5.56 Å². The van der Waals surface area contributed by atoms with E-state index in [9.17, 15) is 9.90 Å². The average Bonchev–Trinajstić information content (AvgIpc) is 2.67. The number of hydrogen-bond acceptors (Lipinski definition) is 2. The van der Waals surface area contributed by atoms with Crippen molar-refractivity contribution in [3.05, 3.63) is 29.3 Å². The number of nitrogens with one attached hydrogen (secondary N) is 1. The lowest BCUT2D eigenvalue weighted by Gasteiger charge is -2.13. The van der Waals surface area contributed by atoms with E-state index in [-0.39, 0.29) is 17.7 Å². The number of benzene rings is 1. The second-order valence-corrected chi connectivity index (χ2v) is 5.11. The maximum absolute atomic E-state index is 12.0. The molecule has 92 valence electrons. The van der Waals surface area contributed by atoms with Crippen LogP contribution in [0.25, 0.3) is 0 Å². The van der Waals surface area contributed by atoms with Crippen molar-refractivity contribution in [3.63, 3.8) is 0 Å². The molecule has 1 saturated carbocycles. The first-order valence-electron chi connectivity index (χ1n) is 6.16. The quantitative estimate of drug-likeness (QED) is 0.825. The summed E-state index contributed by atoms with van der Waals surface area (Å²) in [5.74, 6) is 0.579. The summed E-state index contributed by atoms with van der Waals surface area (Å²) in [5, 5.41) is 12.7. The summed E-state index contributed by atoms with van der Waals surface area (Å²) in [7, 11) is 0. The summed E-state index contributed by atoms with van der Waals surface area (Å²) in [4.78, 5) is 12.0. The van der Waals surface area contributed by atoms with E-state index < -0.39 is 0 Å². The summed E-state index contributed by atoms with van der Waals surface area (Å²) in [6.07, 6.45) is 3.25. The number of phenols is 1. The summed E-state index contributed by atoms with van der Waals surface area (Å²) in [5.41, 5.74) is 1.36. The minimum atomic E-state index is -0.162. The molecule has 0 heterocycles. The summed E-state index contributed by atoms with van der Waals surface area (Å²) in [6.45, 7) is 4.12. The molecule has 2 N–H and O–H groups in total. The van der Waals surface area contributed by atoms with E-state index in [0.717, 1.165) is 18.4 Å². The highest BCUT2D eigenvalue weighted by molar-refractivity contribution is 5.97. The Kier molecular flexibility index (Phi) is 3.36. The zero-order valence-corrected chi connectivity index (χ0v) is 10.4. The molecule has 1 amide bonds. The Morgan fingerprint density at radius 1 is 1.41 bits per heavy atom. The molecule has 0 bridgehead atoms. The Labute approximate surface area is 102 Å². The Bertz CT molecular complexity index is 428. The first kappa shape index (κ1) is 12.0. The molecule has 0 radical (unpaired) electrons. The predicted molar refractivity (Wildman–Crippen MR) is 67.1 cm³/mol. The molecule has 2 rings (SSSR count). The van der Waals surface area contributed by atoms with E-state index in [2.05, 4.69) is 12.2 Å². The van der Waals surface area contributed by atoms with Crippen LogP contribution in [0.15, 0.2) is 18.2 Å². The monoisotopic (exact) mass is 233 g/mol. The van der Waals surface area contributed by atoms with Crippen LogP contribution in [-0.2, 0) is 0 Å². The minimum absolute atomic E-state index is 0.0548. The molecule has 3 nitrogen and oxygen atoms in total. The standard InChI is InChI=1S/C14H19NO2/c1-9-3-5-11(7-9)15-14(17)12-8-10(2)4-6-13(12)16/h4,6,8-9,11,16H,3,5,7H2,1-2H3,(H,15,17). The fourth-order valence-electron chi connectivity index (χ4n) is 2.43. The van der Waals surface area contributed by atoms with Gasteiger partial charge < -0.3 is 10.4 Å². The maximum Gasteiger partial charge on any atom is 0.255 e. The number of carbonyl (C=O) groups excluding carboxylic acids is 1. The molecule has 17 heavy (non-hydrogen) atoms. The van der Waals surface area contributed by atoms with E-state index in [0.29, 0.717) is 11.5 Å². The molecule has 0 saturated heterocycles. The van der Waals surface area contributed by atoms with Gasteiger partial charge in [0.1, 0.15) is 5.75 Å². The molecule has 1 aromatic rings. The van der Waals surface area contributed by atoms with Gasteiger partial charge in [-0.05, 0) is 44.2 Å². The predicted octanol–water partition coefficient (Wildman–Crippen LogP) is 2.62. The van der Waals surface area contributed by atoms with E-state index in [4.69, 9.17) is 0 Å². The molecule has 1 aromatic carbocycles. The van der Waals surface area contributed by atoms with Crippen molar-refractivity contribution in [2.75, 3.05) is 0 Å². The number of aryl methyl sites for hydroxylation is 1. The second kappa shape index (κ2) is 4.78. The number of aromatic hydroxyl groups is 1. The van der Waals surface area contributed by atoms with Crippen LogP contribution in [0.1, 0.15) is 42.1 Å². The largest absolute Gasteiger partial charge is 0.507 e. The summed E-state index contributed by atoms with van der Waals surface area (Å²) >= 11 is 0. The number of phenolic OH excluding ortho intramolecular Hbond substituents is 1. The Morgan fingerprint density at radius 2 is 2.18 bits per heavy atom. The lowest BCUT2D eigenvalue weighted by molar-refractivity contribution is 0.0934. The third-order valence-corrected chi connectivity index (χ3v) is 3.43. The number of hydrogen-bond donors (Lipinski definition) is 2. The Morgan fingerprint density at radius 3 is 2.82 bits per heavy atom. The Balaban J connectivity index is 2.06. The van der Waals surface area contributed by atoms with Gasteiger partial charge in [0, 0.05) is 6.04 Å². The molecule has 3 heteroatoms. The van der Waals surface area contributed by atoms with Gasteiger partial charge in [0.25, 0.3) is 5.91 Å². The summed E-state index contributed by atoms with van der Waals surface area (Å²) in [6, 6.07) is 5.35. The van der Waals surface area contributed by atoms with Crippen LogP contribution in [0, 0.1) is 12.8 Å². The fraction of sp³-hybridized carbons (Fsp3) is 0.500. The van der Waals surface area contributed by atoms with Crippen LogP contribution in [0.3, 0.4) is 0 Å². The van der Waals surface area contributed by atoms with Crippen molar-refractivity contribution >= 4 is 5.91 Å². The van der Waals surface area contributed by atoms with Crippen molar-refractivity contribution in [1.82, 2.24) is 5.32 Å². The first-order chi connectivity index (χ1) is 8.06. The molecular weight excluding hydrogens is 214 g/mol. The van der Waals surface area contributed by atoms with Crippen LogP contribution in [0.4, 0.5) is 0 Å². The normalized spacial score (nSPS) is 23.6. The lowest BCUT2D eigenvalue weighted by atomic mass is 10.1. The molecule has 1 aliphatic carbocycles. The van der Waals surface area contributed by atoms with Crippen molar-refractivity contribution < 1.29 is 9.90 Å². The topological polar surface area (TPSA) is 49.3 Å². The van der Waals surface area contributed by atoms with Crippen LogP contribution < -0.4 is 5.32 Å². The van der Waals surface area contributed by atoms with Crippen LogP contribution in [0.5, 0.6) is 5.75 Å². The fourth-order valence-corrected chi connectivity index (χ4v) is 2.43. The third-order valence-electron chi connectivity index (χ3n) is 3.43. The molecule has 0 aliphatic heterocycles. The highest BCUT2D eigenvalue weighted by Gasteiger charge is 2.23. The molecule has 2 unspecified atom stereocenters. The van der Waals surface area contributed by atoms with Crippen LogP contribution >= 0.6 is 0 Å². The number of amides is 1. The Hall–Kier alpha value is -1.51. The molecule has 1 aliphatic rings. The molecule has 1 fully saturated rings. The molecular formula is C14H19NO2. The molecule has 2 atom stereocenters. The molecule has 0 spiro atoms. The van der Waals surface area contributed by atoms with E-state index in [1.165, 1.54) is 6.42 Å². The van der Waals surface area contributed by atoms with Crippen molar-refractivity contribution in [1.29, 1.82) is 0 Å². The smallest absolute Gasteiger partial charge is 0.255 e.